The largest absolute Gasteiger partial charge is 0.493 e. The predicted octanol–water partition coefficient (Wildman–Crippen LogP) is 3.82. The summed E-state index contributed by atoms with van der Waals surface area (Å²) in [5, 5.41) is 2.79. The van der Waals surface area contributed by atoms with Crippen molar-refractivity contribution in [1.29, 1.82) is 0 Å². The highest BCUT2D eigenvalue weighted by molar-refractivity contribution is 5.95. The van der Waals surface area contributed by atoms with E-state index < -0.39 is 11.9 Å². The summed E-state index contributed by atoms with van der Waals surface area (Å²) < 4.78 is 15.5. The molecule has 2 aromatic carbocycles. The van der Waals surface area contributed by atoms with Crippen LogP contribution < -0.4 is 14.8 Å². The van der Waals surface area contributed by atoms with E-state index in [4.69, 9.17) is 14.2 Å². The van der Waals surface area contributed by atoms with E-state index >= 15 is 0 Å². The second-order valence-corrected chi connectivity index (χ2v) is 6.35. The number of ether oxygens (including phenoxy) is 3. The third kappa shape index (κ3) is 5.36. The van der Waals surface area contributed by atoms with Gasteiger partial charge in [-0.1, -0.05) is 29.8 Å². The minimum absolute atomic E-state index is 0.370. The molecule has 0 aliphatic heterocycles. The van der Waals surface area contributed by atoms with Crippen molar-refractivity contribution in [2.24, 2.45) is 0 Å². The lowest BCUT2D eigenvalue weighted by molar-refractivity contribution is -0.142. The molecule has 2 aromatic rings. The lowest BCUT2D eigenvalue weighted by Crippen LogP contribution is -2.21. The third-order valence-electron chi connectivity index (χ3n) is 4.12. The van der Waals surface area contributed by atoms with E-state index in [1.54, 1.807) is 24.3 Å². The molecule has 28 heavy (non-hydrogen) atoms. The molecule has 2 rings (SSSR count). The van der Waals surface area contributed by atoms with Gasteiger partial charge in [-0.05, 0) is 44.0 Å². The van der Waals surface area contributed by atoms with Crippen molar-refractivity contribution >= 4 is 23.6 Å². The van der Waals surface area contributed by atoms with Gasteiger partial charge < -0.3 is 19.5 Å². The maximum Gasteiger partial charge on any atom is 0.331 e. The lowest BCUT2D eigenvalue weighted by atomic mass is 10.1. The Bertz CT molecular complexity index is 879. The number of rotatable bonds is 7. The van der Waals surface area contributed by atoms with E-state index in [0.29, 0.717) is 17.1 Å². The zero-order valence-corrected chi connectivity index (χ0v) is 16.8. The summed E-state index contributed by atoms with van der Waals surface area (Å²) in [5.41, 5.74) is 4.44. The molecule has 0 aromatic heterocycles. The normalized spacial score (nSPS) is 10.6. The van der Waals surface area contributed by atoms with Crippen molar-refractivity contribution in [3.05, 3.63) is 58.7 Å². The fourth-order valence-corrected chi connectivity index (χ4v) is 2.94. The van der Waals surface area contributed by atoms with Gasteiger partial charge in [0.25, 0.3) is 5.91 Å². The van der Waals surface area contributed by atoms with Crippen molar-refractivity contribution in [3.63, 3.8) is 0 Å². The lowest BCUT2D eigenvalue weighted by Gasteiger charge is -2.12. The number of carbonyl (C=O) groups excluding carboxylic acids is 2. The molecule has 0 unspecified atom stereocenters. The molecule has 0 atom stereocenters. The number of hydrogen-bond acceptors (Lipinski definition) is 5. The highest BCUT2D eigenvalue weighted by Gasteiger charge is 2.11. The first-order valence-corrected chi connectivity index (χ1v) is 8.79. The van der Waals surface area contributed by atoms with Crippen LogP contribution in [0.3, 0.4) is 0 Å². The fourth-order valence-electron chi connectivity index (χ4n) is 2.94. The number of nitrogens with one attached hydrogen (secondary N) is 1. The topological polar surface area (TPSA) is 73.9 Å². The summed E-state index contributed by atoms with van der Waals surface area (Å²) in [4.78, 5) is 24.1. The van der Waals surface area contributed by atoms with E-state index in [-0.39, 0.29) is 6.61 Å². The first-order chi connectivity index (χ1) is 13.3. The van der Waals surface area contributed by atoms with Crippen LogP contribution in [-0.4, -0.2) is 32.7 Å². The zero-order chi connectivity index (χ0) is 20.7. The Hall–Kier alpha value is -3.28. The van der Waals surface area contributed by atoms with Gasteiger partial charge in [0, 0.05) is 17.3 Å². The first kappa shape index (κ1) is 21.0. The van der Waals surface area contributed by atoms with E-state index in [1.165, 1.54) is 20.3 Å². The molecule has 0 spiro atoms. The molecule has 0 aliphatic rings. The molecule has 0 bridgehead atoms. The van der Waals surface area contributed by atoms with Crippen LogP contribution in [-0.2, 0) is 14.3 Å². The summed E-state index contributed by atoms with van der Waals surface area (Å²) in [5.74, 6) is 0.0477. The number of carbonyl (C=O) groups is 2. The van der Waals surface area contributed by atoms with Crippen LogP contribution in [0, 0.1) is 20.8 Å². The van der Waals surface area contributed by atoms with E-state index in [0.717, 1.165) is 22.4 Å². The molecular weight excluding hydrogens is 358 g/mol. The number of benzene rings is 2. The molecule has 6 heteroatoms. The fraction of sp³-hybridized carbons (Fsp3) is 0.273. The molecule has 6 nitrogen and oxygen atoms in total. The molecule has 0 saturated carbocycles. The van der Waals surface area contributed by atoms with Gasteiger partial charge in [-0.3, -0.25) is 4.79 Å². The number of methoxy groups -OCH3 is 2. The first-order valence-electron chi connectivity index (χ1n) is 8.79. The SMILES string of the molecule is COc1cccc(/C=C/C(=O)OCC(=O)Nc2c(C)cc(C)cc2C)c1OC. The standard InChI is InChI=1S/C22H25NO5/c1-14-11-15(2)21(16(3)12-14)23-19(24)13-28-20(25)10-9-17-7-6-8-18(26-4)22(17)27-5/h6-12H,13H2,1-5H3,(H,23,24)/b10-9+. The van der Waals surface area contributed by atoms with E-state index in [1.807, 2.05) is 32.9 Å². The average Bonchev–Trinajstić information content (AvgIpc) is 2.66. The molecule has 1 amide bonds. The van der Waals surface area contributed by atoms with Crippen LogP contribution in [0.5, 0.6) is 11.5 Å². The molecule has 0 fully saturated rings. The van der Waals surface area contributed by atoms with Gasteiger partial charge in [0.2, 0.25) is 0 Å². The summed E-state index contributed by atoms with van der Waals surface area (Å²) in [7, 11) is 3.06. The second-order valence-electron chi connectivity index (χ2n) is 6.35. The van der Waals surface area contributed by atoms with Crippen LogP contribution in [0.15, 0.2) is 36.4 Å². The van der Waals surface area contributed by atoms with Crippen LogP contribution >= 0.6 is 0 Å². The van der Waals surface area contributed by atoms with Gasteiger partial charge in [0.15, 0.2) is 18.1 Å². The van der Waals surface area contributed by atoms with Gasteiger partial charge in [-0.25, -0.2) is 4.79 Å². The minimum Gasteiger partial charge on any atom is -0.493 e. The van der Waals surface area contributed by atoms with Crippen molar-refractivity contribution in [2.75, 3.05) is 26.1 Å². The van der Waals surface area contributed by atoms with E-state index in [9.17, 15) is 9.59 Å². The van der Waals surface area contributed by atoms with Crippen molar-refractivity contribution in [3.8, 4) is 11.5 Å². The Morgan fingerprint density at radius 3 is 2.32 bits per heavy atom. The van der Waals surface area contributed by atoms with Gasteiger partial charge in [-0.2, -0.15) is 0 Å². The van der Waals surface area contributed by atoms with Gasteiger partial charge in [-0.15, -0.1) is 0 Å². The van der Waals surface area contributed by atoms with Crippen LogP contribution in [0.1, 0.15) is 22.3 Å². The molecule has 1 N–H and O–H groups in total. The molecule has 0 saturated heterocycles. The molecular formula is C22H25NO5. The molecule has 0 radical (unpaired) electrons. The predicted molar refractivity (Wildman–Crippen MR) is 109 cm³/mol. The highest BCUT2D eigenvalue weighted by atomic mass is 16.5. The van der Waals surface area contributed by atoms with Gasteiger partial charge in [0.1, 0.15) is 0 Å². The van der Waals surface area contributed by atoms with Crippen LogP contribution in [0.4, 0.5) is 5.69 Å². The van der Waals surface area contributed by atoms with E-state index in [2.05, 4.69) is 5.32 Å². The smallest absolute Gasteiger partial charge is 0.331 e. The average molecular weight is 383 g/mol. The van der Waals surface area contributed by atoms with Crippen molar-refractivity contribution < 1.29 is 23.8 Å². The van der Waals surface area contributed by atoms with Crippen LogP contribution in [0.25, 0.3) is 6.08 Å². The third-order valence-corrected chi connectivity index (χ3v) is 4.12. The maximum absolute atomic E-state index is 12.1. The zero-order valence-electron chi connectivity index (χ0n) is 16.8. The molecule has 0 aliphatic carbocycles. The Morgan fingerprint density at radius 1 is 1.04 bits per heavy atom. The van der Waals surface area contributed by atoms with Crippen molar-refractivity contribution in [2.45, 2.75) is 20.8 Å². The quantitative estimate of drug-likeness (QED) is 0.581. The molecule has 148 valence electrons. The number of hydrogen-bond donors (Lipinski definition) is 1. The monoisotopic (exact) mass is 383 g/mol. The minimum atomic E-state index is -0.627. The Balaban J connectivity index is 1.96. The van der Waals surface area contributed by atoms with Crippen LogP contribution in [0.2, 0.25) is 0 Å². The molecule has 0 heterocycles. The summed E-state index contributed by atoms with van der Waals surface area (Å²) in [6.45, 7) is 5.47. The summed E-state index contributed by atoms with van der Waals surface area (Å²) in [6.07, 6.45) is 2.79. The maximum atomic E-state index is 12.1. The Morgan fingerprint density at radius 2 is 1.71 bits per heavy atom. The van der Waals surface area contributed by atoms with Gasteiger partial charge >= 0.3 is 5.97 Å². The van der Waals surface area contributed by atoms with Crippen molar-refractivity contribution in [1.82, 2.24) is 0 Å². The number of para-hydroxylation sites is 1. The van der Waals surface area contributed by atoms with Gasteiger partial charge in [0.05, 0.1) is 14.2 Å². The summed E-state index contributed by atoms with van der Waals surface area (Å²) in [6, 6.07) is 9.29. The number of esters is 1. The Kier molecular flexibility index (Phi) is 7.21. The second kappa shape index (κ2) is 9.60. The summed E-state index contributed by atoms with van der Waals surface area (Å²) >= 11 is 0. The highest BCUT2D eigenvalue weighted by Crippen LogP contribution is 2.31. The Labute approximate surface area is 165 Å². The number of aryl methyl sites for hydroxylation is 3. The number of anilines is 1. The number of amides is 1.